The normalized spacial score (nSPS) is 20.2. The lowest BCUT2D eigenvalue weighted by Crippen LogP contribution is -2.57. The zero-order chi connectivity index (χ0) is 63.1. The van der Waals surface area contributed by atoms with E-state index < -0.39 is 0 Å². The fourth-order valence-electron chi connectivity index (χ4n) is 13.5. The summed E-state index contributed by atoms with van der Waals surface area (Å²) in [4.78, 5) is 56.6. The highest BCUT2D eigenvalue weighted by Gasteiger charge is 2.36. The SMILES string of the molecule is C=CCN1CC[C@H](N(c2ccccc2)c2ccc(C(=O)N(CC)CC)cc2)C(C)C1.C=CCN1C[C@H](C)N([C@H](c2ccc(C(=O)N(CC)CC)cc2)c2cccc(C)c2)C[C@H]1C.CCC(=O)N(c1ccccc1)[C@H]1CCN(CCc2ccccc2)C[C@H]1C. The highest BCUT2D eigenvalue weighted by molar-refractivity contribution is 5.95. The van der Waals surface area contributed by atoms with Crippen LogP contribution in [0.15, 0.2) is 189 Å². The molecule has 3 aliphatic heterocycles. The first-order chi connectivity index (χ1) is 42.7. The van der Waals surface area contributed by atoms with Crippen LogP contribution in [0.1, 0.15) is 131 Å². The number of piperidine rings is 2. The van der Waals surface area contributed by atoms with Crippen LogP contribution in [0.5, 0.6) is 0 Å². The van der Waals surface area contributed by atoms with E-state index in [2.05, 4.69) is 199 Å². The van der Waals surface area contributed by atoms with Crippen LogP contribution in [0.25, 0.3) is 0 Å². The van der Waals surface area contributed by atoms with Gasteiger partial charge >= 0.3 is 0 Å². The van der Waals surface area contributed by atoms with Crippen LogP contribution >= 0.6 is 0 Å². The van der Waals surface area contributed by atoms with Gasteiger partial charge in [0.2, 0.25) is 5.91 Å². The highest BCUT2D eigenvalue weighted by atomic mass is 16.2. The molecule has 0 saturated carbocycles. The van der Waals surface area contributed by atoms with Gasteiger partial charge in [0.15, 0.2) is 0 Å². The van der Waals surface area contributed by atoms with E-state index >= 15 is 0 Å². The molecule has 3 aliphatic rings. The van der Waals surface area contributed by atoms with Gasteiger partial charge in [-0.1, -0.05) is 142 Å². The number of carbonyl (C=O) groups excluding carboxylic acids is 3. The lowest BCUT2D eigenvalue weighted by atomic mass is 9.91. The third-order valence-electron chi connectivity index (χ3n) is 18.3. The number of para-hydroxylation sites is 2. The lowest BCUT2D eigenvalue weighted by Gasteiger charge is -2.47. The maximum atomic E-state index is 12.8. The van der Waals surface area contributed by atoms with E-state index in [1.807, 2.05) is 99.0 Å². The molecule has 0 radical (unpaired) electrons. The van der Waals surface area contributed by atoms with E-state index in [1.54, 1.807) is 0 Å². The molecule has 9 rings (SSSR count). The van der Waals surface area contributed by atoms with Gasteiger partial charge in [0.1, 0.15) is 0 Å². The summed E-state index contributed by atoms with van der Waals surface area (Å²) in [6.45, 7) is 41.4. The molecular formula is C77H104N8O3. The summed E-state index contributed by atoms with van der Waals surface area (Å²) in [5, 5.41) is 0. The molecule has 3 heterocycles. The Morgan fingerprint density at radius 2 is 1.05 bits per heavy atom. The summed E-state index contributed by atoms with van der Waals surface area (Å²) in [6.07, 6.45) is 7.78. The van der Waals surface area contributed by atoms with E-state index in [1.165, 1.54) is 27.9 Å². The monoisotopic (exact) mass is 1190 g/mol. The second-order valence-electron chi connectivity index (χ2n) is 24.5. The Hall–Kier alpha value is -7.15. The first kappa shape index (κ1) is 68.3. The standard InChI is InChI=1S/C28H39N3O.C26H35N3O.C23H30N2O/c1-7-17-30-19-23(6)31(20-22(30)5)27(26-12-10-11-21(4)18-26)24-13-15-25(16-14-24)28(32)29(8-2)9-3;1-5-18-27-19-17-25(21(4)20-27)29(23-11-9-8-10-12-23)24-15-13-22(14-16-24)26(30)28(6-2)7-3;1-3-23(26)25(21-12-8-5-9-13-21)22-15-17-24(18-19(22)2)16-14-20-10-6-4-7-11-20/h7,10-16,18,22-23,27H,1,8-9,17,19-20H2,2-6H3;5,8-16,21,25H,1,6-7,17-20H2,2-4H3;4-13,19,22H,3,14-18H2,1-2H3/t22-,23+,27-;21?,25-;19-,22+/m101/s1. The third kappa shape index (κ3) is 18.2. The number of rotatable bonds is 22. The predicted octanol–water partition coefficient (Wildman–Crippen LogP) is 14.7. The fraction of sp³-hybridized carbons (Fsp3) is 0.442. The molecule has 3 saturated heterocycles. The molecule has 6 aromatic rings. The largest absolute Gasteiger partial charge is 0.339 e. The van der Waals surface area contributed by atoms with Crippen LogP contribution in [0, 0.1) is 18.8 Å². The number of benzene rings is 6. The van der Waals surface area contributed by atoms with Crippen LogP contribution in [-0.4, -0.2) is 156 Å². The van der Waals surface area contributed by atoms with E-state index in [0.717, 1.165) is 127 Å². The second-order valence-corrected chi connectivity index (χ2v) is 24.5. The summed E-state index contributed by atoms with van der Waals surface area (Å²) in [6, 6.07) is 58.5. The number of likely N-dealkylation sites (tertiary alicyclic amines) is 2. The summed E-state index contributed by atoms with van der Waals surface area (Å²) >= 11 is 0. The van der Waals surface area contributed by atoms with Gasteiger partial charge in [-0.15, -0.1) is 13.2 Å². The van der Waals surface area contributed by atoms with Crippen LogP contribution in [0.4, 0.5) is 17.1 Å². The Morgan fingerprint density at radius 1 is 0.534 bits per heavy atom. The Balaban J connectivity index is 0.000000189. The molecule has 3 fully saturated rings. The summed E-state index contributed by atoms with van der Waals surface area (Å²) in [5.41, 5.74) is 10.1. The smallest absolute Gasteiger partial charge is 0.253 e. The van der Waals surface area contributed by atoms with E-state index in [0.29, 0.717) is 36.4 Å². The number of anilines is 3. The molecule has 3 amide bonds. The van der Waals surface area contributed by atoms with Crippen molar-refractivity contribution >= 4 is 34.8 Å². The first-order valence-corrected chi connectivity index (χ1v) is 32.9. The van der Waals surface area contributed by atoms with Crippen LogP contribution in [0.3, 0.4) is 0 Å². The fourth-order valence-corrected chi connectivity index (χ4v) is 13.5. The number of hydrogen-bond donors (Lipinski definition) is 0. The van der Waals surface area contributed by atoms with Gasteiger partial charge in [0, 0.05) is 144 Å². The van der Waals surface area contributed by atoms with Gasteiger partial charge in [0.25, 0.3) is 11.8 Å². The van der Waals surface area contributed by atoms with Crippen molar-refractivity contribution in [3.8, 4) is 0 Å². The minimum Gasteiger partial charge on any atom is -0.339 e. The number of hydrogen-bond acceptors (Lipinski definition) is 8. The Morgan fingerprint density at radius 3 is 1.58 bits per heavy atom. The average molecular weight is 1190 g/mol. The topological polar surface area (TPSA) is 77.1 Å². The molecule has 11 nitrogen and oxygen atoms in total. The number of carbonyl (C=O) groups is 3. The molecule has 0 N–H and O–H groups in total. The molecule has 7 atom stereocenters. The zero-order valence-electron chi connectivity index (χ0n) is 55.0. The van der Waals surface area contributed by atoms with Crippen molar-refractivity contribution in [3.05, 3.63) is 222 Å². The van der Waals surface area contributed by atoms with E-state index in [9.17, 15) is 14.4 Å². The quantitative estimate of drug-likeness (QED) is 0.0622. The molecule has 6 aromatic carbocycles. The number of nitrogens with zero attached hydrogens (tertiary/aromatic N) is 8. The van der Waals surface area contributed by atoms with Crippen molar-refractivity contribution in [1.29, 1.82) is 0 Å². The Labute approximate surface area is 530 Å². The predicted molar refractivity (Wildman–Crippen MR) is 369 cm³/mol. The average Bonchev–Trinajstić information content (AvgIpc) is 1.67. The number of amides is 3. The minimum absolute atomic E-state index is 0.101. The number of piperazine rings is 1. The van der Waals surface area contributed by atoms with E-state index in [-0.39, 0.29) is 29.8 Å². The maximum absolute atomic E-state index is 12.8. The van der Waals surface area contributed by atoms with Crippen LogP contribution in [-0.2, 0) is 11.2 Å². The van der Waals surface area contributed by atoms with Crippen molar-refractivity contribution in [2.45, 2.75) is 125 Å². The Kier molecular flexibility index (Phi) is 26.8. The molecule has 0 spiro atoms. The van der Waals surface area contributed by atoms with Gasteiger partial charge < -0.3 is 24.5 Å². The lowest BCUT2D eigenvalue weighted by molar-refractivity contribution is -0.119. The summed E-state index contributed by atoms with van der Waals surface area (Å²) in [5.74, 6) is 1.43. The van der Waals surface area contributed by atoms with Crippen molar-refractivity contribution < 1.29 is 14.4 Å². The highest BCUT2D eigenvalue weighted by Crippen LogP contribution is 2.37. The molecule has 88 heavy (non-hydrogen) atoms. The van der Waals surface area contributed by atoms with E-state index in [4.69, 9.17) is 0 Å². The summed E-state index contributed by atoms with van der Waals surface area (Å²) < 4.78 is 0. The minimum atomic E-state index is 0.101. The molecule has 0 aromatic heterocycles. The van der Waals surface area contributed by atoms with Gasteiger partial charge in [-0.05, 0) is 157 Å². The van der Waals surface area contributed by atoms with Crippen LogP contribution < -0.4 is 9.80 Å². The van der Waals surface area contributed by atoms with Crippen molar-refractivity contribution in [1.82, 2.24) is 29.4 Å². The molecule has 0 bridgehead atoms. The molecule has 11 heteroatoms. The van der Waals surface area contributed by atoms with Crippen molar-refractivity contribution in [3.63, 3.8) is 0 Å². The van der Waals surface area contributed by atoms with Gasteiger partial charge in [0.05, 0.1) is 6.04 Å². The van der Waals surface area contributed by atoms with Gasteiger partial charge in [-0.2, -0.15) is 0 Å². The third-order valence-corrected chi connectivity index (χ3v) is 18.3. The van der Waals surface area contributed by atoms with Crippen molar-refractivity contribution in [2.75, 3.05) is 94.9 Å². The van der Waals surface area contributed by atoms with Gasteiger partial charge in [-0.25, -0.2) is 0 Å². The summed E-state index contributed by atoms with van der Waals surface area (Å²) in [7, 11) is 0. The molecule has 0 aliphatic carbocycles. The van der Waals surface area contributed by atoms with Gasteiger partial charge in [-0.3, -0.25) is 29.1 Å². The Bertz CT molecular complexity index is 3060. The first-order valence-electron chi connectivity index (χ1n) is 32.9. The molecule has 470 valence electrons. The molecular weight excluding hydrogens is 1080 g/mol. The molecule has 1 unspecified atom stereocenters. The second kappa shape index (κ2) is 34.6. The van der Waals surface area contributed by atoms with Crippen molar-refractivity contribution in [2.24, 2.45) is 11.8 Å². The number of aryl methyl sites for hydroxylation is 1. The maximum Gasteiger partial charge on any atom is 0.253 e. The van der Waals surface area contributed by atoms with Crippen LogP contribution in [0.2, 0.25) is 0 Å². The zero-order valence-corrected chi connectivity index (χ0v) is 55.0.